The van der Waals surface area contributed by atoms with Gasteiger partial charge in [-0.15, -0.1) is 0 Å². The van der Waals surface area contributed by atoms with Gasteiger partial charge < -0.3 is 0 Å². The molecule has 0 saturated carbocycles. The second kappa shape index (κ2) is 20.6. The van der Waals surface area contributed by atoms with Crippen LogP contribution in [0, 0.1) is 0 Å². The van der Waals surface area contributed by atoms with E-state index in [1.54, 1.807) is 0 Å². The van der Waals surface area contributed by atoms with Gasteiger partial charge in [0.25, 0.3) is 0 Å². The van der Waals surface area contributed by atoms with Crippen LogP contribution in [0.15, 0.2) is 315 Å². The molecule has 0 fully saturated rings. The third-order valence-electron chi connectivity index (χ3n) is 15.0. The zero-order chi connectivity index (χ0) is 50.6. The van der Waals surface area contributed by atoms with E-state index >= 15 is 0 Å². The molecule has 0 aliphatic rings. The van der Waals surface area contributed by atoms with Crippen LogP contribution >= 0.6 is 0 Å². The van der Waals surface area contributed by atoms with Crippen LogP contribution in [0.1, 0.15) is 0 Å². The molecule has 0 atom stereocenters. The van der Waals surface area contributed by atoms with Gasteiger partial charge >= 0.3 is 0 Å². The van der Waals surface area contributed by atoms with Crippen LogP contribution in [0.25, 0.3) is 132 Å². The summed E-state index contributed by atoms with van der Waals surface area (Å²) >= 11 is 0. The van der Waals surface area contributed by atoms with Crippen molar-refractivity contribution in [3.8, 4) is 89.0 Å². The summed E-state index contributed by atoms with van der Waals surface area (Å²) < 4.78 is 0. The van der Waals surface area contributed by atoms with Gasteiger partial charge in [-0.2, -0.15) is 0 Å². The average molecular weight is 965 g/mol. The Morgan fingerprint density at radius 2 is 0.329 bits per heavy atom. The van der Waals surface area contributed by atoms with Gasteiger partial charge in [0.15, 0.2) is 0 Å². The van der Waals surface area contributed by atoms with Crippen molar-refractivity contribution in [3.63, 3.8) is 0 Å². The lowest BCUT2D eigenvalue weighted by Gasteiger charge is -2.21. The van der Waals surface area contributed by atoms with Crippen molar-refractivity contribution >= 4 is 43.1 Å². The van der Waals surface area contributed by atoms with E-state index in [4.69, 9.17) is 0 Å². The SMILES string of the molecule is c1ccc(-c2cccc(-c3c4ccccc4c(-c4ccccc4-c4ccccc4)c4ccccc34)c2)cc1.c1ccc(-c2ccccc2-c2c3ccccc3c(-c3ccccc3-c3ccccc3)c3ccccc23)cc1. The molecule has 0 aliphatic heterocycles. The summed E-state index contributed by atoms with van der Waals surface area (Å²) in [4.78, 5) is 0. The highest BCUT2D eigenvalue weighted by atomic mass is 14.2. The third-order valence-corrected chi connectivity index (χ3v) is 15.0. The highest BCUT2D eigenvalue weighted by Crippen LogP contribution is 2.49. The topological polar surface area (TPSA) is 0 Å². The molecule has 0 spiro atoms. The average Bonchev–Trinajstić information content (AvgIpc) is 3.57. The van der Waals surface area contributed by atoms with Gasteiger partial charge in [-0.3, -0.25) is 0 Å². The van der Waals surface area contributed by atoms with E-state index in [9.17, 15) is 0 Å². The summed E-state index contributed by atoms with van der Waals surface area (Å²) in [7, 11) is 0. The Morgan fingerprint density at radius 1 is 0.118 bits per heavy atom. The zero-order valence-electron chi connectivity index (χ0n) is 42.0. The van der Waals surface area contributed by atoms with Gasteiger partial charge in [0.05, 0.1) is 0 Å². The molecule has 0 bridgehead atoms. The number of rotatable bonds is 8. The van der Waals surface area contributed by atoms with Crippen LogP contribution in [-0.4, -0.2) is 0 Å². The Labute approximate surface area is 445 Å². The number of benzene rings is 14. The van der Waals surface area contributed by atoms with Gasteiger partial charge in [0.2, 0.25) is 0 Å². The lowest BCUT2D eigenvalue weighted by atomic mass is 9.82. The van der Waals surface area contributed by atoms with Crippen molar-refractivity contribution in [2.75, 3.05) is 0 Å². The lowest BCUT2D eigenvalue weighted by Crippen LogP contribution is -1.93. The van der Waals surface area contributed by atoms with Crippen LogP contribution in [0.4, 0.5) is 0 Å². The summed E-state index contributed by atoms with van der Waals surface area (Å²) in [6.07, 6.45) is 0. The summed E-state index contributed by atoms with van der Waals surface area (Å²) in [6, 6.07) is 114. The predicted octanol–water partition coefficient (Wildman–Crippen LogP) is 21.3. The molecule has 0 saturated heterocycles. The molecule has 0 radical (unpaired) electrons. The molecular weight excluding hydrogens is 913 g/mol. The van der Waals surface area contributed by atoms with Crippen molar-refractivity contribution < 1.29 is 0 Å². The molecule has 0 heteroatoms. The molecule has 14 rings (SSSR count). The fourth-order valence-electron chi connectivity index (χ4n) is 11.6. The molecule has 0 aliphatic carbocycles. The molecule has 14 aromatic rings. The quantitative estimate of drug-likeness (QED) is 0.133. The van der Waals surface area contributed by atoms with Crippen molar-refractivity contribution in [1.82, 2.24) is 0 Å². The van der Waals surface area contributed by atoms with E-state index in [1.165, 1.54) is 132 Å². The van der Waals surface area contributed by atoms with Gasteiger partial charge in [-0.1, -0.05) is 309 Å². The first kappa shape index (κ1) is 45.9. The van der Waals surface area contributed by atoms with Crippen molar-refractivity contribution in [2.24, 2.45) is 0 Å². The maximum absolute atomic E-state index is 2.33. The molecular formula is C76H52. The van der Waals surface area contributed by atoms with E-state index in [0.29, 0.717) is 0 Å². The van der Waals surface area contributed by atoms with Gasteiger partial charge in [-0.25, -0.2) is 0 Å². The monoisotopic (exact) mass is 964 g/mol. The first-order chi connectivity index (χ1) is 37.8. The van der Waals surface area contributed by atoms with E-state index in [0.717, 1.165) is 0 Å². The number of fused-ring (bicyclic) bond motifs is 4. The molecule has 0 N–H and O–H groups in total. The molecule has 0 heterocycles. The van der Waals surface area contributed by atoms with Gasteiger partial charge in [-0.05, 0) is 138 Å². The van der Waals surface area contributed by atoms with E-state index in [2.05, 4.69) is 315 Å². The van der Waals surface area contributed by atoms with Crippen LogP contribution in [-0.2, 0) is 0 Å². The largest absolute Gasteiger partial charge is 0.0622 e. The second-order valence-electron chi connectivity index (χ2n) is 19.4. The predicted molar refractivity (Wildman–Crippen MR) is 326 cm³/mol. The molecule has 14 aromatic carbocycles. The smallest absolute Gasteiger partial charge is 0.00201 e. The van der Waals surface area contributed by atoms with Crippen molar-refractivity contribution in [2.45, 2.75) is 0 Å². The first-order valence-corrected chi connectivity index (χ1v) is 26.3. The second-order valence-corrected chi connectivity index (χ2v) is 19.4. The van der Waals surface area contributed by atoms with Crippen LogP contribution in [0.2, 0.25) is 0 Å². The first-order valence-electron chi connectivity index (χ1n) is 26.3. The van der Waals surface area contributed by atoms with E-state index in [1.807, 2.05) is 0 Å². The highest BCUT2D eigenvalue weighted by molar-refractivity contribution is 6.24. The summed E-state index contributed by atoms with van der Waals surface area (Å²) in [5.74, 6) is 0. The Morgan fingerprint density at radius 3 is 0.632 bits per heavy atom. The van der Waals surface area contributed by atoms with Crippen LogP contribution < -0.4 is 0 Å². The minimum absolute atomic E-state index is 1.23. The van der Waals surface area contributed by atoms with Crippen LogP contribution in [0.3, 0.4) is 0 Å². The maximum atomic E-state index is 2.33. The Balaban J connectivity index is 0.000000146. The molecule has 356 valence electrons. The minimum Gasteiger partial charge on any atom is -0.0622 e. The van der Waals surface area contributed by atoms with Gasteiger partial charge in [0, 0.05) is 0 Å². The number of hydrogen-bond acceptors (Lipinski definition) is 0. The van der Waals surface area contributed by atoms with Crippen molar-refractivity contribution in [1.29, 1.82) is 0 Å². The molecule has 0 unspecified atom stereocenters. The lowest BCUT2D eigenvalue weighted by molar-refractivity contribution is 1.60. The van der Waals surface area contributed by atoms with Gasteiger partial charge in [0.1, 0.15) is 0 Å². The van der Waals surface area contributed by atoms with E-state index < -0.39 is 0 Å². The molecule has 0 nitrogen and oxygen atoms in total. The molecule has 0 amide bonds. The Hall–Kier alpha value is -9.88. The zero-order valence-corrected chi connectivity index (χ0v) is 42.0. The Kier molecular flexibility index (Phi) is 12.4. The molecule has 76 heavy (non-hydrogen) atoms. The summed E-state index contributed by atoms with van der Waals surface area (Å²) in [5.41, 5.74) is 20.1. The third kappa shape index (κ3) is 8.52. The minimum atomic E-state index is 1.23. The van der Waals surface area contributed by atoms with Crippen LogP contribution in [0.5, 0.6) is 0 Å². The standard InChI is InChI=1S/2C38H26/c1-3-15-27(16-4-1)29-19-7-9-21-31(29)37-33-23-11-13-25-35(33)38(36-26-14-12-24-34(36)37)32-22-10-8-20-30(32)28-17-5-2-6-18-28;1-3-14-27(15-4-1)29-18-13-19-30(26-29)37-33-22-9-11-24-35(33)38(36-25-12-10-23-34(36)37)32-21-8-7-20-31(32)28-16-5-2-6-17-28/h2*1-26H. The molecule has 0 aromatic heterocycles. The Bertz CT molecular complexity index is 4110. The number of hydrogen-bond donors (Lipinski definition) is 0. The summed E-state index contributed by atoms with van der Waals surface area (Å²) in [6.45, 7) is 0. The fraction of sp³-hybridized carbons (Fsp3) is 0. The highest BCUT2D eigenvalue weighted by Gasteiger charge is 2.22. The fourth-order valence-corrected chi connectivity index (χ4v) is 11.6. The van der Waals surface area contributed by atoms with E-state index in [-0.39, 0.29) is 0 Å². The normalized spacial score (nSPS) is 11.2. The van der Waals surface area contributed by atoms with Crippen molar-refractivity contribution in [3.05, 3.63) is 315 Å². The maximum Gasteiger partial charge on any atom is -0.00201 e. The summed E-state index contributed by atoms with van der Waals surface area (Å²) in [5, 5.41) is 10.2.